The largest absolute Gasteiger partial charge is 0.416 e. The van der Waals surface area contributed by atoms with Crippen LogP contribution in [0.25, 0.3) is 0 Å². The Balaban J connectivity index is 1.69. The van der Waals surface area contributed by atoms with Crippen molar-refractivity contribution in [1.82, 2.24) is 9.80 Å². The molecule has 0 bridgehead atoms. The maximum atomic E-state index is 13.0. The van der Waals surface area contributed by atoms with Crippen LogP contribution in [0.15, 0.2) is 70.0 Å². The van der Waals surface area contributed by atoms with Crippen molar-refractivity contribution in [3.8, 4) is 0 Å². The fourth-order valence-corrected chi connectivity index (χ4v) is 3.51. The van der Waals surface area contributed by atoms with Crippen molar-refractivity contribution in [1.29, 1.82) is 0 Å². The summed E-state index contributed by atoms with van der Waals surface area (Å²) in [7, 11) is 0. The summed E-state index contributed by atoms with van der Waals surface area (Å²) in [5.74, 6) is -1.47. The second-order valence-electron chi connectivity index (χ2n) is 8.08. The number of amides is 2. The van der Waals surface area contributed by atoms with Crippen molar-refractivity contribution in [2.75, 3.05) is 19.6 Å². The van der Waals surface area contributed by atoms with Gasteiger partial charge in [-0.05, 0) is 49.4 Å². The Morgan fingerprint density at radius 1 is 1.03 bits per heavy atom. The van der Waals surface area contributed by atoms with Crippen LogP contribution in [0.5, 0.6) is 0 Å². The normalized spacial score (nSPS) is 16.8. The smallest absolute Gasteiger partial charge is 0.378 e. The first kappa shape index (κ1) is 23.9. The standard InChI is InChI=1S/C22H23F3N6O2/c1-21(2)14-30(19(32)15-7-6-8-16(13-15)22(23,24)25)11-12-31(21)20(33)18(26)28-29-27-17-9-4-3-5-10-17/h3-10,13H,11-12,14H2,1-2H3,(H2,26,27,28). The lowest BCUT2D eigenvalue weighted by molar-refractivity contribution is -0.137. The molecule has 0 aromatic heterocycles. The second kappa shape index (κ2) is 9.39. The second-order valence-corrected chi connectivity index (χ2v) is 8.08. The van der Waals surface area contributed by atoms with E-state index < -0.39 is 29.1 Å². The van der Waals surface area contributed by atoms with E-state index in [2.05, 4.69) is 15.4 Å². The fraction of sp³-hybridized carbons (Fsp3) is 0.318. The first-order chi connectivity index (χ1) is 15.5. The molecule has 0 atom stereocenters. The lowest BCUT2D eigenvalue weighted by atomic mass is 9.97. The van der Waals surface area contributed by atoms with Gasteiger partial charge in [0.15, 0.2) is 0 Å². The Morgan fingerprint density at radius 2 is 1.73 bits per heavy atom. The van der Waals surface area contributed by atoms with Gasteiger partial charge < -0.3 is 15.5 Å². The SMILES string of the molecule is CC1(C)CN(C(=O)c2cccc(C(F)(F)F)c2)CCN1C(=O)C(N)=NN=Nc1ccccc1. The Hall–Kier alpha value is -3.76. The molecular formula is C22H23F3N6O2. The summed E-state index contributed by atoms with van der Waals surface area (Å²) in [5, 5.41) is 11.1. The van der Waals surface area contributed by atoms with Gasteiger partial charge >= 0.3 is 6.18 Å². The molecule has 2 N–H and O–H groups in total. The average Bonchev–Trinajstić information content (AvgIpc) is 2.77. The van der Waals surface area contributed by atoms with Gasteiger partial charge in [0.25, 0.3) is 11.8 Å². The number of nitrogens with two attached hydrogens (primary N) is 1. The van der Waals surface area contributed by atoms with Gasteiger partial charge in [0.1, 0.15) is 0 Å². The topological polar surface area (TPSA) is 104 Å². The highest BCUT2D eigenvalue weighted by atomic mass is 19.4. The van der Waals surface area contributed by atoms with E-state index in [-0.39, 0.29) is 31.0 Å². The third kappa shape index (κ3) is 5.73. The number of benzene rings is 2. The van der Waals surface area contributed by atoms with E-state index in [4.69, 9.17) is 5.73 Å². The van der Waals surface area contributed by atoms with Crippen molar-refractivity contribution in [3.63, 3.8) is 0 Å². The molecule has 1 fully saturated rings. The number of halogens is 3. The zero-order valence-corrected chi connectivity index (χ0v) is 18.1. The summed E-state index contributed by atoms with van der Waals surface area (Å²) in [5.41, 5.74) is 4.53. The van der Waals surface area contributed by atoms with Gasteiger partial charge in [-0.25, -0.2) is 0 Å². The molecule has 1 saturated heterocycles. The Bertz CT molecular complexity index is 1080. The minimum atomic E-state index is -4.55. The highest BCUT2D eigenvalue weighted by Crippen LogP contribution is 2.30. The summed E-state index contributed by atoms with van der Waals surface area (Å²) in [6.07, 6.45) is -4.55. The molecule has 0 saturated carbocycles. The molecule has 0 unspecified atom stereocenters. The highest BCUT2D eigenvalue weighted by Gasteiger charge is 2.40. The number of rotatable bonds is 3. The Morgan fingerprint density at radius 3 is 2.36 bits per heavy atom. The fourth-order valence-electron chi connectivity index (χ4n) is 3.51. The van der Waals surface area contributed by atoms with Gasteiger partial charge in [-0.15, -0.1) is 10.2 Å². The monoisotopic (exact) mass is 460 g/mol. The lowest BCUT2D eigenvalue weighted by Crippen LogP contribution is -2.63. The maximum Gasteiger partial charge on any atom is 0.416 e. The summed E-state index contributed by atoms with van der Waals surface area (Å²) in [4.78, 5) is 28.5. The molecule has 174 valence electrons. The van der Waals surface area contributed by atoms with Crippen LogP contribution < -0.4 is 5.73 Å². The predicted octanol–water partition coefficient (Wildman–Crippen LogP) is 3.82. The van der Waals surface area contributed by atoms with Gasteiger partial charge in [0.05, 0.1) is 16.8 Å². The van der Waals surface area contributed by atoms with Crippen molar-refractivity contribution in [3.05, 3.63) is 65.7 Å². The highest BCUT2D eigenvalue weighted by molar-refractivity contribution is 6.37. The number of carbonyl (C=O) groups excluding carboxylic acids is 2. The van der Waals surface area contributed by atoms with Gasteiger partial charge in [0, 0.05) is 25.2 Å². The zero-order valence-electron chi connectivity index (χ0n) is 18.1. The van der Waals surface area contributed by atoms with Gasteiger partial charge in [0.2, 0.25) is 5.84 Å². The van der Waals surface area contributed by atoms with Gasteiger partial charge in [-0.1, -0.05) is 24.3 Å². The molecule has 2 amide bonds. The summed E-state index contributed by atoms with van der Waals surface area (Å²) >= 11 is 0. The molecule has 11 heteroatoms. The molecule has 0 radical (unpaired) electrons. The van der Waals surface area contributed by atoms with Crippen LogP contribution in [0.3, 0.4) is 0 Å². The number of nitrogens with zero attached hydrogens (tertiary/aromatic N) is 5. The predicted molar refractivity (Wildman–Crippen MR) is 116 cm³/mol. The van der Waals surface area contributed by atoms with Crippen molar-refractivity contribution in [2.45, 2.75) is 25.6 Å². The van der Waals surface area contributed by atoms with Crippen LogP contribution >= 0.6 is 0 Å². The van der Waals surface area contributed by atoms with Crippen molar-refractivity contribution >= 4 is 23.3 Å². The minimum absolute atomic E-state index is 0.0669. The number of piperazine rings is 1. The molecule has 1 heterocycles. The summed E-state index contributed by atoms with van der Waals surface area (Å²) < 4.78 is 39.0. The van der Waals surface area contributed by atoms with E-state index >= 15 is 0 Å². The minimum Gasteiger partial charge on any atom is -0.378 e. The first-order valence-corrected chi connectivity index (χ1v) is 10.1. The first-order valence-electron chi connectivity index (χ1n) is 10.1. The quantitative estimate of drug-likeness (QED) is 0.326. The number of carbonyl (C=O) groups is 2. The van der Waals surface area contributed by atoms with Gasteiger partial charge in [-0.2, -0.15) is 13.2 Å². The Labute approximate surface area is 188 Å². The number of hydrogen-bond donors (Lipinski definition) is 1. The maximum absolute atomic E-state index is 13.0. The molecule has 1 aliphatic heterocycles. The molecule has 0 aliphatic carbocycles. The third-order valence-electron chi connectivity index (χ3n) is 5.16. The van der Waals surface area contributed by atoms with E-state index in [0.717, 1.165) is 12.1 Å². The van der Waals surface area contributed by atoms with Crippen molar-refractivity contribution in [2.24, 2.45) is 21.2 Å². The van der Waals surface area contributed by atoms with Crippen LogP contribution in [-0.2, 0) is 11.0 Å². The molecule has 2 aromatic rings. The van der Waals surface area contributed by atoms with E-state index in [9.17, 15) is 22.8 Å². The molecule has 1 aliphatic rings. The van der Waals surface area contributed by atoms with Gasteiger partial charge in [-0.3, -0.25) is 9.59 Å². The molecule has 0 spiro atoms. The number of amidine groups is 1. The van der Waals surface area contributed by atoms with Crippen LogP contribution in [0.2, 0.25) is 0 Å². The van der Waals surface area contributed by atoms with Crippen LogP contribution in [0.4, 0.5) is 18.9 Å². The molecule has 2 aromatic carbocycles. The summed E-state index contributed by atoms with van der Waals surface area (Å²) in [6, 6.07) is 13.1. The molecule has 33 heavy (non-hydrogen) atoms. The Kier molecular flexibility index (Phi) is 6.80. The van der Waals surface area contributed by atoms with E-state index in [1.54, 1.807) is 38.1 Å². The van der Waals surface area contributed by atoms with Crippen LogP contribution in [-0.4, -0.2) is 52.6 Å². The van der Waals surface area contributed by atoms with E-state index in [0.29, 0.717) is 5.69 Å². The van der Waals surface area contributed by atoms with E-state index in [1.807, 2.05) is 6.07 Å². The zero-order chi connectivity index (χ0) is 24.2. The lowest BCUT2D eigenvalue weighted by Gasteiger charge is -2.46. The molecule has 3 rings (SSSR count). The number of hydrogen-bond acceptors (Lipinski definition) is 4. The third-order valence-corrected chi connectivity index (χ3v) is 5.16. The molecular weight excluding hydrogens is 437 g/mol. The van der Waals surface area contributed by atoms with Crippen molar-refractivity contribution < 1.29 is 22.8 Å². The number of alkyl halides is 3. The van der Waals surface area contributed by atoms with Crippen LogP contribution in [0, 0.1) is 0 Å². The van der Waals surface area contributed by atoms with Crippen LogP contribution in [0.1, 0.15) is 29.8 Å². The molecule has 8 nitrogen and oxygen atoms in total. The average molecular weight is 460 g/mol. The summed E-state index contributed by atoms with van der Waals surface area (Å²) in [6.45, 7) is 3.82. The van der Waals surface area contributed by atoms with E-state index in [1.165, 1.54) is 21.9 Å².